The van der Waals surface area contributed by atoms with Gasteiger partial charge in [0.25, 0.3) is 5.69 Å². The van der Waals surface area contributed by atoms with Crippen molar-refractivity contribution >= 4 is 29.3 Å². The Morgan fingerprint density at radius 3 is 2.51 bits per heavy atom. The number of rotatable bonds is 9. The first-order valence-electron chi connectivity index (χ1n) is 11.5. The second kappa shape index (κ2) is 12.0. The van der Waals surface area contributed by atoms with Crippen molar-refractivity contribution in [1.82, 2.24) is 0 Å². The highest BCUT2D eigenvalue weighted by Crippen LogP contribution is 2.40. The lowest BCUT2D eigenvalue weighted by Crippen LogP contribution is -2.36. The number of carbonyl (C=O) groups excluding carboxylic acids is 3. The number of methoxy groups -OCH3 is 2. The number of carbonyl (C=O) groups is 3. The quantitative estimate of drug-likeness (QED) is 0.125. The number of ether oxygens (including phenoxy) is 3. The molecule has 0 radical (unpaired) electrons. The van der Waals surface area contributed by atoms with Gasteiger partial charge in [0, 0.05) is 41.9 Å². The Hall–Kier alpha value is -4.41. The van der Waals surface area contributed by atoms with Crippen LogP contribution in [0.3, 0.4) is 0 Å². The van der Waals surface area contributed by atoms with Gasteiger partial charge in [0.05, 0.1) is 31.3 Å². The standard InChI is InChI=1S/C26H28N3O8/c1-16-21(25(31)36-4)23(18-8-5-10-20(14-18)29(33)34)22(17(2)27-16)26(32)37-13-7-12-28-11-6-9-19(15-28)24(30)35-3/h5-6,8-11,14-15,21,23H,7,12-13H2,1-4H3/q+1/t21?,23-/m0/s1. The number of aromatic nitrogens is 1. The summed E-state index contributed by atoms with van der Waals surface area (Å²) in [5, 5.41) is 11.4. The third-order valence-corrected chi connectivity index (χ3v) is 6.02. The summed E-state index contributed by atoms with van der Waals surface area (Å²) >= 11 is 0. The monoisotopic (exact) mass is 510 g/mol. The number of nitro benzene ring substituents is 1. The van der Waals surface area contributed by atoms with E-state index in [1.54, 1.807) is 49.0 Å². The molecule has 0 saturated carbocycles. The molecule has 0 fully saturated rings. The highest BCUT2D eigenvalue weighted by molar-refractivity contribution is 6.07. The number of nitrogens with zero attached hydrogens (tertiary/aromatic N) is 3. The zero-order chi connectivity index (χ0) is 27.1. The van der Waals surface area contributed by atoms with Crippen molar-refractivity contribution in [1.29, 1.82) is 0 Å². The first-order valence-corrected chi connectivity index (χ1v) is 11.5. The average molecular weight is 511 g/mol. The number of pyridine rings is 1. The summed E-state index contributed by atoms with van der Waals surface area (Å²) in [5.41, 5.74) is 1.56. The molecular weight excluding hydrogens is 482 g/mol. The van der Waals surface area contributed by atoms with Crippen LogP contribution in [0.1, 0.15) is 42.1 Å². The maximum atomic E-state index is 13.3. The first-order chi connectivity index (χ1) is 17.7. The number of allylic oxidation sites excluding steroid dienone is 1. The van der Waals surface area contributed by atoms with Gasteiger partial charge in [0.2, 0.25) is 0 Å². The molecule has 2 heterocycles. The molecule has 37 heavy (non-hydrogen) atoms. The Kier molecular flexibility index (Phi) is 8.83. The lowest BCUT2D eigenvalue weighted by Gasteiger charge is -2.31. The minimum Gasteiger partial charge on any atom is -0.468 e. The number of aryl methyl sites for hydroxylation is 1. The van der Waals surface area contributed by atoms with Crippen LogP contribution in [-0.4, -0.2) is 49.4 Å². The third kappa shape index (κ3) is 6.24. The largest absolute Gasteiger partial charge is 0.468 e. The Morgan fingerprint density at radius 2 is 1.84 bits per heavy atom. The van der Waals surface area contributed by atoms with Crippen LogP contribution < -0.4 is 4.57 Å². The van der Waals surface area contributed by atoms with E-state index in [0.717, 1.165) is 0 Å². The average Bonchev–Trinajstić information content (AvgIpc) is 2.89. The molecule has 0 amide bonds. The van der Waals surface area contributed by atoms with Gasteiger partial charge in [-0.05, 0) is 25.5 Å². The van der Waals surface area contributed by atoms with Crippen LogP contribution in [0.2, 0.25) is 0 Å². The summed E-state index contributed by atoms with van der Waals surface area (Å²) < 4.78 is 17.0. The first kappa shape index (κ1) is 27.2. The molecular formula is C26H28N3O8+. The Balaban J connectivity index is 1.82. The minimum atomic E-state index is -0.949. The second-order valence-electron chi connectivity index (χ2n) is 8.39. The summed E-state index contributed by atoms with van der Waals surface area (Å²) in [5.74, 6) is -3.56. The second-order valence-corrected chi connectivity index (χ2v) is 8.39. The molecule has 1 aliphatic rings. The van der Waals surface area contributed by atoms with E-state index in [1.165, 1.54) is 32.4 Å². The maximum Gasteiger partial charge on any atom is 0.343 e. The van der Waals surface area contributed by atoms with Crippen molar-refractivity contribution in [3.8, 4) is 0 Å². The molecule has 0 saturated heterocycles. The number of hydrogen-bond donors (Lipinski definition) is 0. The molecule has 0 spiro atoms. The number of aliphatic imine (C=N–C) groups is 1. The van der Waals surface area contributed by atoms with Gasteiger partial charge in [0.15, 0.2) is 18.9 Å². The van der Waals surface area contributed by atoms with Gasteiger partial charge in [0.1, 0.15) is 11.5 Å². The lowest BCUT2D eigenvalue weighted by atomic mass is 9.75. The fourth-order valence-electron chi connectivity index (χ4n) is 4.32. The molecule has 1 aromatic carbocycles. The Morgan fingerprint density at radius 1 is 1.08 bits per heavy atom. The van der Waals surface area contributed by atoms with Crippen molar-refractivity contribution in [2.45, 2.75) is 32.7 Å². The molecule has 1 aliphatic heterocycles. The van der Waals surface area contributed by atoms with Crippen molar-refractivity contribution in [2.24, 2.45) is 10.9 Å². The SMILES string of the molecule is COC(=O)c1ccc[n+](CCCOC(=O)C2=C(C)N=C(C)C(C(=O)OC)[C@@H]2c2cccc([N+](=O)[O-])c2)c1. The third-order valence-electron chi connectivity index (χ3n) is 6.02. The number of hydrogen-bond acceptors (Lipinski definition) is 9. The van der Waals surface area contributed by atoms with Crippen LogP contribution in [-0.2, 0) is 30.3 Å². The van der Waals surface area contributed by atoms with Crippen molar-refractivity contribution in [2.75, 3.05) is 20.8 Å². The minimum absolute atomic E-state index is 0.0539. The molecule has 1 aromatic heterocycles. The number of benzene rings is 1. The van der Waals surface area contributed by atoms with Crippen LogP contribution >= 0.6 is 0 Å². The van der Waals surface area contributed by atoms with Gasteiger partial charge in [-0.2, -0.15) is 0 Å². The molecule has 1 unspecified atom stereocenters. The van der Waals surface area contributed by atoms with E-state index in [9.17, 15) is 24.5 Å². The topological polar surface area (TPSA) is 138 Å². The molecule has 2 atom stereocenters. The summed E-state index contributed by atoms with van der Waals surface area (Å²) in [7, 11) is 2.54. The Bertz CT molecular complexity index is 1280. The van der Waals surface area contributed by atoms with E-state index in [1.807, 2.05) is 0 Å². The summed E-state index contributed by atoms with van der Waals surface area (Å²) in [6, 6.07) is 9.14. The zero-order valence-corrected chi connectivity index (χ0v) is 21.0. The van der Waals surface area contributed by atoms with Gasteiger partial charge in [-0.15, -0.1) is 0 Å². The predicted molar refractivity (Wildman–Crippen MR) is 131 cm³/mol. The fourth-order valence-corrected chi connectivity index (χ4v) is 4.32. The van der Waals surface area contributed by atoms with Gasteiger partial charge >= 0.3 is 17.9 Å². The Labute approximate surface area is 213 Å². The molecule has 0 bridgehead atoms. The summed E-state index contributed by atoms with van der Waals surface area (Å²) in [6.45, 7) is 3.80. The van der Waals surface area contributed by atoms with Gasteiger partial charge in [-0.25, -0.2) is 14.2 Å². The van der Waals surface area contributed by atoms with Gasteiger partial charge in [-0.3, -0.25) is 19.9 Å². The van der Waals surface area contributed by atoms with Crippen LogP contribution in [0.5, 0.6) is 0 Å². The van der Waals surface area contributed by atoms with Crippen LogP contribution in [0.15, 0.2) is 65.1 Å². The summed E-state index contributed by atoms with van der Waals surface area (Å²) in [4.78, 5) is 52.9. The summed E-state index contributed by atoms with van der Waals surface area (Å²) in [6.07, 6.45) is 3.86. The molecule has 0 N–H and O–H groups in total. The highest BCUT2D eigenvalue weighted by atomic mass is 16.6. The normalized spacial score (nSPS) is 17.0. The van der Waals surface area contributed by atoms with Crippen molar-refractivity contribution in [3.05, 3.63) is 81.3 Å². The van der Waals surface area contributed by atoms with Crippen LogP contribution in [0.4, 0.5) is 5.69 Å². The number of nitro groups is 1. The van der Waals surface area contributed by atoms with E-state index in [0.29, 0.717) is 35.5 Å². The fraction of sp³-hybridized carbons (Fsp3) is 0.346. The molecule has 194 valence electrons. The number of non-ortho nitro benzene ring substituents is 1. The van der Waals surface area contributed by atoms with E-state index < -0.39 is 34.7 Å². The number of esters is 3. The molecule has 3 rings (SSSR count). The van der Waals surface area contributed by atoms with Gasteiger partial charge in [-0.1, -0.05) is 12.1 Å². The molecule has 0 aliphatic carbocycles. The van der Waals surface area contributed by atoms with Crippen molar-refractivity contribution < 1.29 is 38.1 Å². The zero-order valence-electron chi connectivity index (χ0n) is 21.0. The highest BCUT2D eigenvalue weighted by Gasteiger charge is 2.42. The molecule has 11 nitrogen and oxygen atoms in total. The van der Waals surface area contributed by atoms with E-state index in [4.69, 9.17) is 14.2 Å². The van der Waals surface area contributed by atoms with Gasteiger partial charge < -0.3 is 14.2 Å². The smallest absolute Gasteiger partial charge is 0.343 e. The van der Waals surface area contributed by atoms with Crippen LogP contribution in [0, 0.1) is 16.0 Å². The van der Waals surface area contributed by atoms with E-state index >= 15 is 0 Å². The van der Waals surface area contributed by atoms with E-state index in [-0.39, 0.29) is 17.9 Å². The maximum absolute atomic E-state index is 13.3. The predicted octanol–water partition coefficient (Wildman–Crippen LogP) is 2.92. The van der Waals surface area contributed by atoms with Crippen LogP contribution in [0.25, 0.3) is 0 Å². The molecule has 11 heteroatoms. The van der Waals surface area contributed by atoms with E-state index in [2.05, 4.69) is 4.99 Å². The molecule has 2 aromatic rings. The lowest BCUT2D eigenvalue weighted by molar-refractivity contribution is -0.697. The van der Waals surface area contributed by atoms with Crippen molar-refractivity contribution in [3.63, 3.8) is 0 Å².